The Hall–Kier alpha value is -0.950. The molecule has 21 heavy (non-hydrogen) atoms. The molecule has 0 N–H and O–H groups in total. The van der Waals surface area contributed by atoms with Crippen molar-refractivity contribution in [3.63, 3.8) is 0 Å². The molecule has 3 saturated heterocycles. The van der Waals surface area contributed by atoms with E-state index in [4.69, 9.17) is 32.7 Å². The molecule has 0 aliphatic carbocycles. The third-order valence-corrected chi connectivity index (χ3v) is 5.63. The number of hydrogen-bond donors (Lipinski definition) is 0. The predicted molar refractivity (Wildman–Crippen MR) is 75.5 cm³/mol. The van der Waals surface area contributed by atoms with Gasteiger partial charge in [0.1, 0.15) is 17.9 Å². The summed E-state index contributed by atoms with van der Waals surface area (Å²) in [5.41, 5.74) is 1.33. The van der Waals surface area contributed by atoms with Gasteiger partial charge < -0.3 is 14.0 Å². The Morgan fingerprint density at radius 3 is 3.00 bits per heavy atom. The van der Waals surface area contributed by atoms with E-state index in [-0.39, 0.29) is 24.4 Å². The van der Waals surface area contributed by atoms with Crippen LogP contribution in [-0.4, -0.2) is 50.3 Å². The number of ether oxygens (including phenoxy) is 2. The zero-order valence-electron chi connectivity index (χ0n) is 10.9. The molecule has 0 aromatic carbocycles. The van der Waals surface area contributed by atoms with Gasteiger partial charge in [-0.3, -0.25) is 0 Å². The number of hydrogen-bond acceptors (Lipinski definition) is 5. The third-order valence-electron chi connectivity index (χ3n) is 5.00. The second kappa shape index (κ2) is 4.29. The average molecular weight is 327 g/mol. The molecule has 8 heteroatoms. The Morgan fingerprint density at radius 1 is 1.24 bits per heavy atom. The molecule has 0 unspecified atom stereocenters. The average Bonchev–Trinajstić information content (AvgIpc) is 3.18. The summed E-state index contributed by atoms with van der Waals surface area (Å²) in [6.45, 7) is 0.724. The number of halogens is 2. The molecule has 5 rings (SSSR count). The first-order chi connectivity index (χ1) is 10.3. The van der Waals surface area contributed by atoms with Crippen LogP contribution in [0.15, 0.2) is 12.7 Å². The Labute approximate surface area is 130 Å². The number of rotatable bonds is 2. The highest BCUT2D eigenvalue weighted by atomic mass is 35.5. The zero-order valence-corrected chi connectivity index (χ0v) is 12.4. The van der Waals surface area contributed by atoms with Crippen molar-refractivity contribution in [1.82, 2.24) is 19.5 Å². The van der Waals surface area contributed by atoms with Crippen LogP contribution in [0.4, 0.5) is 0 Å². The summed E-state index contributed by atoms with van der Waals surface area (Å²) >= 11 is 12.2. The zero-order chi connectivity index (χ0) is 14.1. The van der Waals surface area contributed by atoms with E-state index in [2.05, 4.69) is 15.0 Å². The van der Waals surface area contributed by atoms with Crippen LogP contribution in [0, 0.1) is 11.8 Å². The lowest BCUT2D eigenvalue weighted by atomic mass is 9.78. The second-order valence-corrected chi connectivity index (χ2v) is 6.49. The number of aromatic nitrogens is 4. The van der Waals surface area contributed by atoms with Gasteiger partial charge in [0.05, 0.1) is 31.2 Å². The maximum Gasteiger partial charge on any atom is 0.165 e. The van der Waals surface area contributed by atoms with E-state index in [0.29, 0.717) is 28.4 Å². The topological polar surface area (TPSA) is 62.1 Å². The molecular weight excluding hydrogens is 315 g/mol. The molecule has 3 aliphatic rings. The van der Waals surface area contributed by atoms with Gasteiger partial charge >= 0.3 is 0 Å². The van der Waals surface area contributed by atoms with E-state index < -0.39 is 0 Å². The van der Waals surface area contributed by atoms with Gasteiger partial charge in [0, 0.05) is 17.7 Å². The molecule has 6 nitrogen and oxygen atoms in total. The minimum Gasteiger partial charge on any atom is -0.373 e. The lowest BCUT2D eigenvalue weighted by molar-refractivity contribution is 0.0605. The third kappa shape index (κ3) is 1.49. The van der Waals surface area contributed by atoms with Crippen LogP contribution in [0.5, 0.6) is 0 Å². The molecule has 2 aromatic rings. The Kier molecular flexibility index (Phi) is 2.57. The standard InChI is InChI=1S/C13H12Cl2N4O2/c14-1-5-6-2-20-11-8(9(5)21-10(6)11)19-4-18-7-12(15)16-3-17-13(7)19/h3-6,8-11H,1-2H2/t5-,6-,8-,9-,10+,11+/m1/s1. The minimum absolute atomic E-state index is 0.0469. The number of fused-ring (bicyclic) bond motifs is 2. The molecule has 110 valence electrons. The molecule has 3 aliphatic heterocycles. The quantitative estimate of drug-likeness (QED) is 0.620. The van der Waals surface area contributed by atoms with E-state index in [0.717, 1.165) is 12.3 Å². The first kappa shape index (κ1) is 12.6. The van der Waals surface area contributed by atoms with Crippen molar-refractivity contribution in [3.05, 3.63) is 17.8 Å². The number of imidazole rings is 1. The van der Waals surface area contributed by atoms with Crippen molar-refractivity contribution in [2.24, 2.45) is 11.8 Å². The van der Waals surface area contributed by atoms with Gasteiger partial charge in [-0.25, -0.2) is 15.0 Å². The van der Waals surface area contributed by atoms with E-state index in [1.165, 1.54) is 6.33 Å². The van der Waals surface area contributed by atoms with Crippen molar-refractivity contribution in [3.8, 4) is 0 Å². The largest absolute Gasteiger partial charge is 0.373 e. The maximum atomic E-state index is 6.16. The summed E-state index contributed by atoms with van der Waals surface area (Å²) in [6.07, 6.45) is 3.44. The van der Waals surface area contributed by atoms with Gasteiger partial charge in [-0.05, 0) is 0 Å². The summed E-state index contributed by atoms with van der Waals surface area (Å²) in [5.74, 6) is 1.32. The van der Waals surface area contributed by atoms with E-state index >= 15 is 0 Å². The molecule has 0 radical (unpaired) electrons. The van der Waals surface area contributed by atoms with Crippen molar-refractivity contribution < 1.29 is 9.47 Å². The first-order valence-electron chi connectivity index (χ1n) is 6.95. The molecule has 0 amide bonds. The fourth-order valence-corrected chi connectivity index (χ4v) is 4.68. The van der Waals surface area contributed by atoms with Gasteiger partial charge in [-0.15, -0.1) is 11.6 Å². The normalized spacial score (nSPS) is 40.5. The SMILES string of the molecule is ClC[C@@H]1[C@H]2CO[C@@H]3[C@H]2O[C@H]1[C@H]3n1cnc2c(Cl)ncnc21. The van der Waals surface area contributed by atoms with Crippen LogP contribution in [0.2, 0.25) is 5.15 Å². The predicted octanol–water partition coefficient (Wildman–Crippen LogP) is 1.67. The van der Waals surface area contributed by atoms with E-state index in [9.17, 15) is 0 Å². The van der Waals surface area contributed by atoms with Crippen molar-refractivity contribution in [2.45, 2.75) is 24.4 Å². The van der Waals surface area contributed by atoms with Gasteiger partial charge in [-0.1, -0.05) is 11.6 Å². The van der Waals surface area contributed by atoms with Crippen LogP contribution in [0.25, 0.3) is 11.2 Å². The second-order valence-electron chi connectivity index (χ2n) is 5.82. The van der Waals surface area contributed by atoms with E-state index in [1.807, 2.05) is 4.57 Å². The molecule has 2 aromatic heterocycles. The first-order valence-corrected chi connectivity index (χ1v) is 7.87. The molecule has 3 fully saturated rings. The fraction of sp³-hybridized carbons (Fsp3) is 0.615. The van der Waals surface area contributed by atoms with Crippen molar-refractivity contribution in [1.29, 1.82) is 0 Å². The minimum atomic E-state index is 0.0469. The Bertz CT molecular complexity index is 723. The number of nitrogens with zero attached hydrogens (tertiary/aromatic N) is 4. The van der Waals surface area contributed by atoms with Gasteiger partial charge in [0.2, 0.25) is 0 Å². The van der Waals surface area contributed by atoms with Gasteiger partial charge in [0.25, 0.3) is 0 Å². The Balaban J connectivity index is 1.65. The monoisotopic (exact) mass is 326 g/mol. The smallest absolute Gasteiger partial charge is 0.165 e. The summed E-state index contributed by atoms with van der Waals surface area (Å²) in [7, 11) is 0. The Morgan fingerprint density at radius 2 is 2.14 bits per heavy atom. The van der Waals surface area contributed by atoms with Crippen LogP contribution < -0.4 is 0 Å². The van der Waals surface area contributed by atoms with Crippen LogP contribution in [0.1, 0.15) is 6.04 Å². The van der Waals surface area contributed by atoms with Gasteiger partial charge in [-0.2, -0.15) is 0 Å². The summed E-state index contributed by atoms with van der Waals surface area (Å²) in [6, 6.07) is 0.0495. The molecule has 5 heterocycles. The van der Waals surface area contributed by atoms with E-state index in [1.54, 1.807) is 6.33 Å². The highest BCUT2D eigenvalue weighted by Gasteiger charge is 2.64. The molecule has 0 saturated carbocycles. The van der Waals surface area contributed by atoms with Crippen molar-refractivity contribution in [2.75, 3.05) is 12.5 Å². The van der Waals surface area contributed by atoms with Gasteiger partial charge in [0.15, 0.2) is 10.8 Å². The highest BCUT2D eigenvalue weighted by Crippen LogP contribution is 2.54. The van der Waals surface area contributed by atoms with Crippen molar-refractivity contribution >= 4 is 34.4 Å². The van der Waals surface area contributed by atoms with Crippen LogP contribution in [0.3, 0.4) is 0 Å². The summed E-state index contributed by atoms with van der Waals surface area (Å²) in [5, 5.41) is 0.363. The maximum absolute atomic E-state index is 6.16. The molecule has 6 atom stereocenters. The van der Waals surface area contributed by atoms with Crippen LogP contribution in [-0.2, 0) is 9.47 Å². The summed E-state index contributed by atoms with van der Waals surface area (Å²) < 4.78 is 14.1. The number of alkyl halides is 1. The molecule has 2 bridgehead atoms. The van der Waals surface area contributed by atoms with Crippen LogP contribution >= 0.6 is 23.2 Å². The lowest BCUT2D eigenvalue weighted by Crippen LogP contribution is -2.40. The highest BCUT2D eigenvalue weighted by molar-refractivity contribution is 6.33. The summed E-state index contributed by atoms with van der Waals surface area (Å²) in [4.78, 5) is 12.6. The lowest BCUT2D eigenvalue weighted by Gasteiger charge is -2.29. The molecule has 0 spiro atoms. The molecular formula is C13H12Cl2N4O2. The fourth-order valence-electron chi connectivity index (χ4n) is 4.10.